The van der Waals surface area contributed by atoms with Gasteiger partial charge in [-0.1, -0.05) is 24.3 Å². The first-order valence-corrected chi connectivity index (χ1v) is 9.15. The third-order valence-electron chi connectivity index (χ3n) is 5.32. The molecule has 5 heteroatoms. The van der Waals surface area contributed by atoms with Gasteiger partial charge in [-0.25, -0.2) is 4.79 Å². The molecule has 2 aliphatic rings. The van der Waals surface area contributed by atoms with E-state index in [2.05, 4.69) is 24.4 Å². The lowest BCUT2D eigenvalue weighted by molar-refractivity contribution is 0.0747. The third kappa shape index (κ3) is 3.17. The van der Waals surface area contributed by atoms with Crippen molar-refractivity contribution in [3.05, 3.63) is 65.2 Å². The molecule has 1 atom stereocenters. The maximum Gasteiger partial charge on any atom is 0.322 e. The van der Waals surface area contributed by atoms with E-state index < -0.39 is 0 Å². The molecule has 0 radical (unpaired) electrons. The van der Waals surface area contributed by atoms with Crippen molar-refractivity contribution in [1.29, 1.82) is 0 Å². The summed E-state index contributed by atoms with van der Waals surface area (Å²) in [6.45, 7) is 4.18. The fourth-order valence-corrected chi connectivity index (χ4v) is 3.78. The van der Waals surface area contributed by atoms with Crippen LogP contribution in [0.5, 0.6) is 0 Å². The minimum absolute atomic E-state index is 0.0721. The molecule has 0 aliphatic carbocycles. The highest BCUT2D eigenvalue weighted by Crippen LogP contribution is 2.24. The molecule has 2 aromatic rings. The van der Waals surface area contributed by atoms with Crippen molar-refractivity contribution < 1.29 is 9.59 Å². The maximum atomic E-state index is 12.6. The fraction of sp³-hybridized carbons (Fsp3) is 0.333. The molecule has 134 valence electrons. The Morgan fingerprint density at radius 1 is 1.00 bits per heavy atom. The van der Waals surface area contributed by atoms with Gasteiger partial charge < -0.3 is 15.1 Å². The maximum absolute atomic E-state index is 12.6. The van der Waals surface area contributed by atoms with E-state index in [1.165, 1.54) is 11.1 Å². The quantitative estimate of drug-likeness (QED) is 0.895. The largest absolute Gasteiger partial charge is 0.336 e. The highest BCUT2D eigenvalue weighted by Gasteiger charge is 2.26. The number of nitrogens with one attached hydrogen (secondary N) is 1. The molecule has 2 heterocycles. The number of urea groups is 1. The molecule has 3 amide bonds. The van der Waals surface area contributed by atoms with Gasteiger partial charge in [0.2, 0.25) is 0 Å². The lowest BCUT2D eigenvalue weighted by Crippen LogP contribution is -2.33. The van der Waals surface area contributed by atoms with Crippen molar-refractivity contribution >= 4 is 17.6 Å². The van der Waals surface area contributed by atoms with E-state index >= 15 is 0 Å². The van der Waals surface area contributed by atoms with Gasteiger partial charge in [0, 0.05) is 36.9 Å². The van der Waals surface area contributed by atoms with Crippen molar-refractivity contribution in [2.24, 2.45) is 0 Å². The topological polar surface area (TPSA) is 52.7 Å². The van der Waals surface area contributed by atoms with E-state index in [1.54, 1.807) is 29.2 Å². The number of carbonyl (C=O) groups excluding carboxylic acids is 2. The van der Waals surface area contributed by atoms with Crippen molar-refractivity contribution in [3.63, 3.8) is 0 Å². The second-order valence-corrected chi connectivity index (χ2v) is 7.12. The number of hydrogen-bond donors (Lipinski definition) is 1. The highest BCUT2D eigenvalue weighted by molar-refractivity contribution is 5.96. The van der Waals surface area contributed by atoms with Gasteiger partial charge in [-0.2, -0.15) is 0 Å². The van der Waals surface area contributed by atoms with Crippen LogP contribution in [0.4, 0.5) is 10.5 Å². The van der Waals surface area contributed by atoms with Gasteiger partial charge in [-0.3, -0.25) is 4.79 Å². The van der Waals surface area contributed by atoms with Gasteiger partial charge in [-0.05, 0) is 55.2 Å². The molecule has 1 N–H and O–H groups in total. The van der Waals surface area contributed by atoms with E-state index in [1.807, 2.05) is 17.0 Å². The lowest BCUT2D eigenvalue weighted by Gasteiger charge is -2.21. The Morgan fingerprint density at radius 2 is 1.65 bits per heavy atom. The third-order valence-corrected chi connectivity index (χ3v) is 5.32. The first-order valence-electron chi connectivity index (χ1n) is 9.15. The van der Waals surface area contributed by atoms with Crippen LogP contribution < -0.4 is 5.32 Å². The molecule has 0 aromatic heterocycles. The average Bonchev–Trinajstić information content (AvgIpc) is 3.27. The molecule has 0 saturated carbocycles. The number of likely N-dealkylation sites (tertiary alicyclic amines) is 1. The molecule has 0 spiro atoms. The zero-order valence-electron chi connectivity index (χ0n) is 14.9. The molecule has 1 fully saturated rings. The Balaban J connectivity index is 1.39. The predicted octanol–water partition coefficient (Wildman–Crippen LogP) is 3.86. The summed E-state index contributed by atoms with van der Waals surface area (Å²) in [5, 5.41) is 2.93. The SMILES string of the molecule is CC1CCCN1C(=O)c1ccc(NC(=O)N2Cc3ccccc3C2)cc1. The second-order valence-electron chi connectivity index (χ2n) is 7.12. The van der Waals surface area contributed by atoms with Crippen molar-refractivity contribution in [2.75, 3.05) is 11.9 Å². The molecule has 0 bridgehead atoms. The molecular weight excluding hydrogens is 326 g/mol. The monoisotopic (exact) mass is 349 g/mol. The van der Waals surface area contributed by atoms with E-state index in [0.29, 0.717) is 30.4 Å². The van der Waals surface area contributed by atoms with Crippen LogP contribution in [0.2, 0.25) is 0 Å². The summed E-state index contributed by atoms with van der Waals surface area (Å²) in [5.74, 6) is 0.0721. The normalized spacial score (nSPS) is 18.7. The zero-order valence-corrected chi connectivity index (χ0v) is 14.9. The Hall–Kier alpha value is -2.82. The van der Waals surface area contributed by atoms with Crippen LogP contribution in [0.25, 0.3) is 0 Å². The number of carbonyl (C=O) groups is 2. The van der Waals surface area contributed by atoms with Gasteiger partial charge in [0.15, 0.2) is 0 Å². The van der Waals surface area contributed by atoms with Crippen LogP contribution in [0.1, 0.15) is 41.3 Å². The Kier molecular flexibility index (Phi) is 4.37. The van der Waals surface area contributed by atoms with Gasteiger partial charge in [0.25, 0.3) is 5.91 Å². The van der Waals surface area contributed by atoms with Crippen LogP contribution in [0.3, 0.4) is 0 Å². The highest BCUT2D eigenvalue weighted by atomic mass is 16.2. The molecule has 2 aromatic carbocycles. The van der Waals surface area contributed by atoms with E-state index in [4.69, 9.17) is 0 Å². The first kappa shape index (κ1) is 16.6. The van der Waals surface area contributed by atoms with E-state index in [-0.39, 0.29) is 11.9 Å². The van der Waals surface area contributed by atoms with Crippen LogP contribution in [0, 0.1) is 0 Å². The smallest absolute Gasteiger partial charge is 0.322 e. The number of rotatable bonds is 2. The van der Waals surface area contributed by atoms with E-state index in [0.717, 1.165) is 19.4 Å². The molecule has 26 heavy (non-hydrogen) atoms. The fourth-order valence-electron chi connectivity index (χ4n) is 3.78. The van der Waals surface area contributed by atoms with Crippen molar-refractivity contribution in [1.82, 2.24) is 9.80 Å². The second kappa shape index (κ2) is 6.83. The Labute approximate surface area is 153 Å². The summed E-state index contributed by atoms with van der Waals surface area (Å²) in [4.78, 5) is 28.8. The van der Waals surface area contributed by atoms with Gasteiger partial charge in [0.1, 0.15) is 0 Å². The summed E-state index contributed by atoms with van der Waals surface area (Å²) < 4.78 is 0. The Morgan fingerprint density at radius 3 is 2.23 bits per heavy atom. The number of anilines is 1. The first-order chi connectivity index (χ1) is 12.6. The number of benzene rings is 2. The summed E-state index contributed by atoms with van der Waals surface area (Å²) in [5.41, 5.74) is 3.77. The van der Waals surface area contributed by atoms with Gasteiger partial charge in [-0.15, -0.1) is 0 Å². The molecule has 1 saturated heterocycles. The summed E-state index contributed by atoms with van der Waals surface area (Å²) >= 11 is 0. The Bertz CT molecular complexity index is 806. The summed E-state index contributed by atoms with van der Waals surface area (Å²) in [7, 11) is 0. The number of hydrogen-bond acceptors (Lipinski definition) is 2. The number of amides is 3. The van der Waals surface area contributed by atoms with Crippen LogP contribution >= 0.6 is 0 Å². The summed E-state index contributed by atoms with van der Waals surface area (Å²) in [6.07, 6.45) is 2.14. The van der Waals surface area contributed by atoms with Crippen LogP contribution in [-0.2, 0) is 13.1 Å². The number of fused-ring (bicyclic) bond motifs is 1. The van der Waals surface area contributed by atoms with Crippen LogP contribution in [0.15, 0.2) is 48.5 Å². The minimum Gasteiger partial charge on any atom is -0.336 e. The van der Waals surface area contributed by atoms with E-state index in [9.17, 15) is 9.59 Å². The van der Waals surface area contributed by atoms with Crippen molar-refractivity contribution in [2.45, 2.75) is 38.9 Å². The predicted molar refractivity (Wildman–Crippen MR) is 101 cm³/mol. The van der Waals surface area contributed by atoms with Crippen LogP contribution in [-0.4, -0.2) is 34.3 Å². The average molecular weight is 349 g/mol. The molecule has 2 aliphatic heterocycles. The van der Waals surface area contributed by atoms with Gasteiger partial charge in [0.05, 0.1) is 0 Å². The lowest BCUT2D eigenvalue weighted by atomic mass is 10.1. The number of nitrogens with zero attached hydrogens (tertiary/aromatic N) is 2. The standard InChI is InChI=1S/C21H23N3O2/c1-15-5-4-12-24(15)20(25)16-8-10-19(11-9-16)22-21(26)23-13-17-6-2-3-7-18(17)14-23/h2-3,6-11,15H,4-5,12-14H2,1H3,(H,22,26). The molecule has 1 unspecified atom stereocenters. The van der Waals surface area contributed by atoms with Gasteiger partial charge >= 0.3 is 6.03 Å². The summed E-state index contributed by atoms with van der Waals surface area (Å²) in [6, 6.07) is 15.5. The minimum atomic E-state index is -0.117. The molecular formula is C21H23N3O2. The zero-order chi connectivity index (χ0) is 18.1. The van der Waals surface area contributed by atoms with Crippen molar-refractivity contribution in [3.8, 4) is 0 Å². The molecule has 5 nitrogen and oxygen atoms in total. The molecule has 4 rings (SSSR count).